The second kappa shape index (κ2) is 58.0. The van der Waals surface area contributed by atoms with E-state index in [0.29, 0.717) is 19.3 Å². The van der Waals surface area contributed by atoms with Crippen molar-refractivity contribution in [1.29, 1.82) is 0 Å². The molecule has 6 heteroatoms. The van der Waals surface area contributed by atoms with Crippen LogP contribution in [0.25, 0.3) is 0 Å². The van der Waals surface area contributed by atoms with Crippen molar-refractivity contribution >= 4 is 17.9 Å². The number of carbonyl (C=O) groups is 3. The average Bonchev–Trinajstić information content (AvgIpc) is 3.34. The van der Waals surface area contributed by atoms with Gasteiger partial charge in [0.05, 0.1) is 0 Å². The third kappa shape index (κ3) is 55.3. The Labute approximate surface area is 425 Å². The molecule has 0 fully saturated rings. The van der Waals surface area contributed by atoms with Crippen molar-refractivity contribution in [1.82, 2.24) is 0 Å². The summed E-state index contributed by atoms with van der Waals surface area (Å²) in [6.45, 7) is 6.68. The lowest BCUT2D eigenvalue weighted by Crippen LogP contribution is -2.30. The van der Waals surface area contributed by atoms with Crippen LogP contribution in [0.2, 0.25) is 0 Å². The number of hydrogen-bond acceptors (Lipinski definition) is 6. The zero-order valence-corrected chi connectivity index (χ0v) is 46.4. The molecule has 404 valence electrons. The Morgan fingerprint density at radius 2 is 0.397 bits per heavy atom. The number of rotatable bonds is 58. The van der Waals surface area contributed by atoms with E-state index in [4.69, 9.17) is 14.2 Å². The summed E-state index contributed by atoms with van der Waals surface area (Å²) in [5, 5.41) is 0. The zero-order valence-electron chi connectivity index (χ0n) is 46.4. The van der Waals surface area contributed by atoms with Gasteiger partial charge in [-0.3, -0.25) is 14.4 Å². The van der Waals surface area contributed by atoms with E-state index in [1.54, 1.807) is 0 Å². The Kier molecular flexibility index (Phi) is 56.6. The summed E-state index contributed by atoms with van der Waals surface area (Å²) in [5.41, 5.74) is 0. The molecular formula is C62H120O6. The average molecular weight is 962 g/mol. The molecule has 6 nitrogen and oxygen atoms in total. The largest absolute Gasteiger partial charge is 0.462 e. The molecule has 0 aliphatic rings. The zero-order chi connectivity index (χ0) is 49.3. The summed E-state index contributed by atoms with van der Waals surface area (Å²) in [4.78, 5) is 38.0. The molecule has 68 heavy (non-hydrogen) atoms. The van der Waals surface area contributed by atoms with Gasteiger partial charge in [0.15, 0.2) is 6.10 Å². The molecule has 0 N–H and O–H groups in total. The molecule has 0 aliphatic carbocycles. The maximum absolute atomic E-state index is 12.8. The van der Waals surface area contributed by atoms with Gasteiger partial charge < -0.3 is 14.2 Å². The molecule has 1 atom stereocenters. The Morgan fingerprint density at radius 1 is 0.235 bits per heavy atom. The quantitative estimate of drug-likeness (QED) is 0.0343. The Hall–Kier alpha value is -1.59. The van der Waals surface area contributed by atoms with Crippen molar-refractivity contribution in [3.05, 3.63) is 0 Å². The Morgan fingerprint density at radius 3 is 0.588 bits per heavy atom. The number of hydrogen-bond donors (Lipinski definition) is 0. The van der Waals surface area contributed by atoms with Gasteiger partial charge in [-0.2, -0.15) is 0 Å². The van der Waals surface area contributed by atoms with Gasteiger partial charge in [-0.1, -0.05) is 323 Å². The first-order valence-corrected chi connectivity index (χ1v) is 31.0. The van der Waals surface area contributed by atoms with Crippen LogP contribution in [0.5, 0.6) is 0 Å². The van der Waals surface area contributed by atoms with Crippen LogP contribution in [0, 0.1) is 0 Å². The normalized spacial score (nSPS) is 11.9. The Balaban J connectivity index is 3.95. The van der Waals surface area contributed by atoms with E-state index >= 15 is 0 Å². The van der Waals surface area contributed by atoms with Gasteiger partial charge >= 0.3 is 17.9 Å². The summed E-state index contributed by atoms with van der Waals surface area (Å²) in [6.07, 6.45) is 65.7. The first-order valence-electron chi connectivity index (χ1n) is 31.0. The van der Waals surface area contributed by atoms with E-state index < -0.39 is 6.10 Å². The maximum atomic E-state index is 12.8. The minimum atomic E-state index is -0.760. The van der Waals surface area contributed by atoms with Gasteiger partial charge in [0.1, 0.15) is 13.2 Å². The van der Waals surface area contributed by atoms with Gasteiger partial charge in [0, 0.05) is 19.3 Å². The van der Waals surface area contributed by atoms with Crippen molar-refractivity contribution in [2.24, 2.45) is 0 Å². The summed E-state index contributed by atoms with van der Waals surface area (Å²) in [7, 11) is 0. The highest BCUT2D eigenvalue weighted by molar-refractivity contribution is 5.71. The van der Waals surface area contributed by atoms with Crippen LogP contribution in [0.4, 0.5) is 0 Å². The summed E-state index contributed by atoms with van der Waals surface area (Å²) >= 11 is 0. The second-order valence-electron chi connectivity index (χ2n) is 21.3. The van der Waals surface area contributed by atoms with Gasteiger partial charge in [-0.15, -0.1) is 0 Å². The monoisotopic (exact) mass is 961 g/mol. The molecule has 0 aromatic rings. The van der Waals surface area contributed by atoms with Crippen molar-refractivity contribution in [3.63, 3.8) is 0 Å². The van der Waals surface area contributed by atoms with Crippen molar-refractivity contribution in [2.45, 2.75) is 367 Å². The lowest BCUT2D eigenvalue weighted by Gasteiger charge is -2.18. The van der Waals surface area contributed by atoms with Crippen LogP contribution in [0.15, 0.2) is 0 Å². The standard InChI is InChI=1S/C62H120O6/c1-4-7-10-13-16-19-22-23-24-25-26-27-28-29-30-31-32-33-34-35-36-37-38-39-40-41-44-46-49-52-55-61(64)67-58-59(68-62(65)56-53-50-47-43-21-18-15-12-9-6-3)57-66-60(63)54-51-48-45-42-20-17-14-11-8-5-2/h59H,4-58H2,1-3H3. The Bertz CT molecular complexity index is 1010. The van der Waals surface area contributed by atoms with Crippen LogP contribution < -0.4 is 0 Å². The highest BCUT2D eigenvalue weighted by Gasteiger charge is 2.19. The van der Waals surface area contributed by atoms with Crippen LogP contribution in [-0.2, 0) is 28.6 Å². The summed E-state index contributed by atoms with van der Waals surface area (Å²) < 4.78 is 16.8. The van der Waals surface area contributed by atoms with Crippen LogP contribution in [-0.4, -0.2) is 37.2 Å². The van der Waals surface area contributed by atoms with Crippen LogP contribution in [0.1, 0.15) is 361 Å². The van der Waals surface area contributed by atoms with E-state index in [2.05, 4.69) is 20.8 Å². The molecule has 0 aromatic heterocycles. The fourth-order valence-electron chi connectivity index (χ4n) is 9.68. The second-order valence-corrected chi connectivity index (χ2v) is 21.3. The molecule has 0 rings (SSSR count). The summed E-state index contributed by atoms with van der Waals surface area (Å²) in [5.74, 6) is -0.840. The fraction of sp³-hybridized carbons (Fsp3) is 0.952. The molecule has 0 aromatic carbocycles. The molecule has 0 saturated heterocycles. The van der Waals surface area contributed by atoms with E-state index in [-0.39, 0.29) is 31.1 Å². The van der Waals surface area contributed by atoms with Gasteiger partial charge in [0.2, 0.25) is 0 Å². The van der Waals surface area contributed by atoms with Crippen molar-refractivity contribution in [2.75, 3.05) is 13.2 Å². The minimum absolute atomic E-state index is 0.0618. The molecule has 0 bridgehead atoms. The van der Waals surface area contributed by atoms with E-state index in [0.717, 1.165) is 57.8 Å². The van der Waals surface area contributed by atoms with Crippen molar-refractivity contribution in [3.8, 4) is 0 Å². The molecule has 1 unspecified atom stereocenters. The molecule has 0 saturated carbocycles. The van der Waals surface area contributed by atoms with Gasteiger partial charge in [-0.25, -0.2) is 0 Å². The first-order chi connectivity index (χ1) is 33.5. The van der Waals surface area contributed by atoms with E-state index in [1.807, 2.05) is 0 Å². The minimum Gasteiger partial charge on any atom is -0.462 e. The molecule has 0 spiro atoms. The highest BCUT2D eigenvalue weighted by Crippen LogP contribution is 2.18. The van der Waals surface area contributed by atoms with Crippen molar-refractivity contribution < 1.29 is 28.6 Å². The highest BCUT2D eigenvalue weighted by atomic mass is 16.6. The number of ether oxygens (including phenoxy) is 3. The lowest BCUT2D eigenvalue weighted by atomic mass is 10.0. The predicted molar refractivity (Wildman–Crippen MR) is 294 cm³/mol. The molecule has 0 amide bonds. The number of carbonyl (C=O) groups excluding carboxylic acids is 3. The van der Waals surface area contributed by atoms with E-state index in [1.165, 1.54) is 263 Å². The van der Waals surface area contributed by atoms with Gasteiger partial charge in [0.25, 0.3) is 0 Å². The van der Waals surface area contributed by atoms with E-state index in [9.17, 15) is 14.4 Å². The lowest BCUT2D eigenvalue weighted by molar-refractivity contribution is -0.167. The molecule has 0 heterocycles. The topological polar surface area (TPSA) is 78.9 Å². The van der Waals surface area contributed by atoms with Gasteiger partial charge in [-0.05, 0) is 19.3 Å². The molecule has 0 aliphatic heterocycles. The SMILES string of the molecule is CCCCCCCCCCCCCCCCCCCCCCCCCCCCCCCCC(=O)OCC(COC(=O)CCCCCCCCCCCC)OC(=O)CCCCCCCCCCCC. The third-order valence-corrected chi connectivity index (χ3v) is 14.4. The molecule has 0 radical (unpaired) electrons. The summed E-state index contributed by atoms with van der Waals surface area (Å²) in [6, 6.07) is 0. The van der Waals surface area contributed by atoms with Crippen LogP contribution in [0.3, 0.4) is 0 Å². The number of unbranched alkanes of at least 4 members (excludes halogenated alkanes) is 47. The fourth-order valence-corrected chi connectivity index (χ4v) is 9.68. The molecular weight excluding hydrogens is 841 g/mol. The smallest absolute Gasteiger partial charge is 0.306 e. The first kappa shape index (κ1) is 66.4. The number of esters is 3. The third-order valence-electron chi connectivity index (χ3n) is 14.4. The maximum Gasteiger partial charge on any atom is 0.306 e. The predicted octanol–water partition coefficient (Wildman–Crippen LogP) is 20.7. The van der Waals surface area contributed by atoms with Crippen LogP contribution >= 0.6 is 0 Å².